The number of hydrogen-bond acceptors (Lipinski definition) is 4. The fourth-order valence-electron chi connectivity index (χ4n) is 3.75. The third-order valence-electron chi connectivity index (χ3n) is 5.45. The molecule has 0 amide bonds. The summed E-state index contributed by atoms with van der Waals surface area (Å²) in [6.07, 6.45) is 4.87. The largest absolute Gasteiger partial charge is 0.513 e. The Morgan fingerprint density at radius 1 is 0.833 bits per heavy atom. The van der Waals surface area contributed by atoms with Gasteiger partial charge in [-0.1, -0.05) is 84.2 Å². The second-order valence-corrected chi connectivity index (χ2v) is 7.74. The minimum absolute atomic E-state index is 0. The van der Waals surface area contributed by atoms with Gasteiger partial charge < -0.3 is 9.52 Å². The topological polar surface area (TPSA) is 68.3 Å². The molecule has 1 radical (unpaired) electrons. The van der Waals surface area contributed by atoms with Crippen molar-refractivity contribution in [1.29, 1.82) is 0 Å². The van der Waals surface area contributed by atoms with Crippen LogP contribution in [0.4, 0.5) is 0 Å². The zero-order valence-corrected chi connectivity index (χ0v) is 21.4. The standard InChI is InChI=1S/C15H9N2O.C15H12O2.Ir/c1-2-8-14-11(5-1)12-6-3-7-13(15(12)18-14)17-10-4-9-16-17;16-14(12-7-3-1-4-8-12)11-15(17)13-9-5-2-6-10-13;/h1-6,8-10H;1-11,16H;/q-1;;/b;14-11-;. The molecule has 4 aromatic carbocycles. The summed E-state index contributed by atoms with van der Waals surface area (Å²) in [6.45, 7) is 0. The molecule has 0 fully saturated rings. The van der Waals surface area contributed by atoms with Crippen molar-refractivity contribution >= 4 is 33.5 Å². The molecule has 0 atom stereocenters. The first kappa shape index (κ1) is 24.9. The molecule has 0 bridgehead atoms. The van der Waals surface area contributed by atoms with E-state index in [4.69, 9.17) is 4.42 Å². The minimum Gasteiger partial charge on any atom is -0.513 e. The first-order chi connectivity index (χ1) is 17.2. The van der Waals surface area contributed by atoms with E-state index < -0.39 is 0 Å². The number of carbonyl (C=O) groups excluding carboxylic acids is 1. The Hall–Kier alpha value is -4.25. The molecule has 0 saturated carbocycles. The van der Waals surface area contributed by atoms with Crippen LogP contribution in [0.3, 0.4) is 0 Å². The van der Waals surface area contributed by atoms with E-state index in [0.717, 1.165) is 27.6 Å². The number of carbonyl (C=O) groups is 1. The molecule has 0 unspecified atom stereocenters. The first-order valence-corrected chi connectivity index (χ1v) is 11.1. The molecule has 6 rings (SSSR count). The SMILES string of the molecule is O=C(/C=C(\O)c1ccccc1)c1ccccc1.[Ir].[c-]1ccc2c(oc3ccccc32)c1-n1cccn1. The van der Waals surface area contributed by atoms with E-state index in [2.05, 4.69) is 17.2 Å². The van der Waals surface area contributed by atoms with E-state index in [-0.39, 0.29) is 31.6 Å². The average Bonchev–Trinajstić information content (AvgIpc) is 3.58. The molecule has 2 aromatic heterocycles. The maximum atomic E-state index is 11.8. The number of furan rings is 1. The number of allylic oxidation sites excluding steroid dienone is 1. The fraction of sp³-hybridized carbons (Fsp3) is 0. The smallest absolute Gasteiger partial charge is 0.189 e. The van der Waals surface area contributed by atoms with E-state index in [1.165, 1.54) is 6.08 Å². The number of fused-ring (bicyclic) bond motifs is 3. The van der Waals surface area contributed by atoms with Crippen LogP contribution in [0.25, 0.3) is 33.4 Å². The number of benzene rings is 4. The Balaban J connectivity index is 0.000000165. The van der Waals surface area contributed by atoms with Crippen molar-refractivity contribution in [3.05, 3.63) is 139 Å². The van der Waals surface area contributed by atoms with Crippen LogP contribution in [0.5, 0.6) is 0 Å². The van der Waals surface area contributed by atoms with Gasteiger partial charge in [-0.25, -0.2) is 0 Å². The number of nitrogens with zero attached hydrogens (tertiary/aromatic N) is 2. The van der Waals surface area contributed by atoms with Gasteiger partial charge in [-0.2, -0.15) is 23.3 Å². The van der Waals surface area contributed by atoms with Crippen molar-refractivity contribution < 1.29 is 34.4 Å². The number of ketones is 1. The normalized spacial score (nSPS) is 10.9. The number of hydrogen-bond donors (Lipinski definition) is 1. The van der Waals surface area contributed by atoms with Gasteiger partial charge in [0.05, 0.1) is 0 Å². The number of aromatic nitrogens is 2. The Morgan fingerprint density at radius 2 is 1.50 bits per heavy atom. The van der Waals surface area contributed by atoms with Gasteiger partial charge in [-0.05, 0) is 17.8 Å². The van der Waals surface area contributed by atoms with Crippen LogP contribution < -0.4 is 0 Å². The van der Waals surface area contributed by atoms with Crippen molar-refractivity contribution in [3.63, 3.8) is 0 Å². The van der Waals surface area contributed by atoms with Crippen molar-refractivity contribution in [2.24, 2.45) is 0 Å². The summed E-state index contributed by atoms with van der Waals surface area (Å²) in [7, 11) is 0. The van der Waals surface area contributed by atoms with Crippen LogP contribution in [0.2, 0.25) is 0 Å². The third kappa shape index (κ3) is 5.36. The Morgan fingerprint density at radius 3 is 2.19 bits per heavy atom. The van der Waals surface area contributed by atoms with Crippen LogP contribution in [-0.4, -0.2) is 20.7 Å². The summed E-state index contributed by atoms with van der Waals surface area (Å²) in [5.41, 5.74) is 3.75. The molecule has 6 aromatic rings. The maximum absolute atomic E-state index is 11.8. The van der Waals surface area contributed by atoms with Crippen LogP contribution in [0.1, 0.15) is 15.9 Å². The van der Waals surface area contributed by atoms with Gasteiger partial charge >= 0.3 is 0 Å². The van der Waals surface area contributed by atoms with Crippen LogP contribution >= 0.6 is 0 Å². The molecule has 1 N–H and O–H groups in total. The quantitative estimate of drug-likeness (QED) is 0.0964. The van der Waals surface area contributed by atoms with Crippen LogP contribution in [0.15, 0.2) is 126 Å². The molecule has 6 heteroatoms. The van der Waals surface area contributed by atoms with E-state index in [1.807, 2.05) is 66.9 Å². The molecular weight excluding hydrogens is 629 g/mol. The van der Waals surface area contributed by atoms with Crippen LogP contribution in [0, 0.1) is 6.07 Å². The van der Waals surface area contributed by atoms with Gasteiger partial charge in [0, 0.05) is 60.7 Å². The zero-order valence-electron chi connectivity index (χ0n) is 19.0. The summed E-state index contributed by atoms with van der Waals surface area (Å²) in [4.78, 5) is 11.8. The molecule has 2 heterocycles. The molecular formula is C30H21IrN2O3-. The summed E-state index contributed by atoms with van der Waals surface area (Å²) >= 11 is 0. The first-order valence-electron chi connectivity index (χ1n) is 11.1. The van der Waals surface area contributed by atoms with Crippen LogP contribution in [-0.2, 0) is 20.1 Å². The third-order valence-corrected chi connectivity index (χ3v) is 5.45. The molecule has 0 aliphatic carbocycles. The predicted molar refractivity (Wildman–Crippen MR) is 137 cm³/mol. The number of aliphatic hydroxyl groups excluding tert-OH is 1. The number of para-hydroxylation sites is 1. The summed E-state index contributed by atoms with van der Waals surface area (Å²) < 4.78 is 7.68. The van der Waals surface area contributed by atoms with Gasteiger partial charge in [0.1, 0.15) is 11.3 Å². The van der Waals surface area contributed by atoms with E-state index in [0.29, 0.717) is 11.1 Å². The Kier molecular flexibility index (Phi) is 7.91. The fourth-order valence-corrected chi connectivity index (χ4v) is 3.75. The van der Waals surface area contributed by atoms with Crippen molar-refractivity contribution in [3.8, 4) is 5.69 Å². The Labute approximate surface area is 221 Å². The van der Waals surface area contributed by atoms with Gasteiger partial charge in [0.2, 0.25) is 0 Å². The molecule has 0 saturated heterocycles. The monoisotopic (exact) mass is 650 g/mol. The molecule has 0 spiro atoms. The average molecular weight is 650 g/mol. The van der Waals surface area contributed by atoms with E-state index in [9.17, 15) is 9.90 Å². The second kappa shape index (κ2) is 11.5. The molecule has 5 nitrogen and oxygen atoms in total. The van der Waals surface area contributed by atoms with Crippen molar-refractivity contribution in [2.45, 2.75) is 0 Å². The summed E-state index contributed by atoms with van der Waals surface area (Å²) in [6, 6.07) is 34.9. The van der Waals surface area contributed by atoms with Gasteiger partial charge in [0.15, 0.2) is 5.78 Å². The van der Waals surface area contributed by atoms with Crippen molar-refractivity contribution in [2.75, 3.05) is 0 Å². The molecule has 179 valence electrons. The molecule has 0 aliphatic heterocycles. The van der Waals surface area contributed by atoms with Gasteiger partial charge in [-0.15, -0.1) is 0 Å². The summed E-state index contributed by atoms with van der Waals surface area (Å²) in [5, 5.41) is 16.2. The Bertz CT molecular complexity index is 1610. The van der Waals surface area contributed by atoms with Gasteiger partial charge in [0.25, 0.3) is 0 Å². The van der Waals surface area contributed by atoms with E-state index in [1.54, 1.807) is 47.3 Å². The second-order valence-electron chi connectivity index (χ2n) is 7.74. The van der Waals surface area contributed by atoms with E-state index >= 15 is 0 Å². The molecule has 36 heavy (non-hydrogen) atoms. The number of aliphatic hydroxyl groups is 1. The maximum Gasteiger partial charge on any atom is 0.189 e. The predicted octanol–water partition coefficient (Wildman–Crippen LogP) is 7.04. The van der Waals surface area contributed by atoms with Gasteiger partial charge in [-0.3, -0.25) is 9.48 Å². The minimum atomic E-state index is -0.202. The van der Waals surface area contributed by atoms with Crippen molar-refractivity contribution in [1.82, 2.24) is 9.78 Å². The summed E-state index contributed by atoms with van der Waals surface area (Å²) in [5.74, 6) is -0.216. The molecule has 0 aliphatic rings. The number of rotatable bonds is 4. The zero-order chi connectivity index (χ0) is 24.0.